The fourth-order valence-corrected chi connectivity index (χ4v) is 5.89. The van der Waals surface area contributed by atoms with Crippen molar-refractivity contribution in [1.29, 1.82) is 0 Å². The Hall–Kier alpha value is -4.77. The molecule has 0 atom stereocenters. The van der Waals surface area contributed by atoms with E-state index in [9.17, 15) is 0 Å². The van der Waals surface area contributed by atoms with Crippen LogP contribution in [0, 0.1) is 6.92 Å². The highest BCUT2D eigenvalue weighted by atomic mass is 16.3. The molecule has 0 fully saturated rings. The van der Waals surface area contributed by atoms with Crippen LogP contribution < -0.4 is 0 Å². The fraction of sp³-hybridized carbons (Fsp3) is 0.194. The minimum atomic E-state index is 0.280. The molecule has 0 saturated heterocycles. The highest BCUT2D eigenvalue weighted by Gasteiger charge is 2.25. The summed E-state index contributed by atoms with van der Waals surface area (Å²) in [5.41, 5.74) is 11.3. The minimum absolute atomic E-state index is 0.280. The van der Waals surface area contributed by atoms with Gasteiger partial charge in [0.05, 0.1) is 28.5 Å². The molecule has 0 radical (unpaired) electrons. The Kier molecular flexibility index (Phi) is 5.97. The van der Waals surface area contributed by atoms with Gasteiger partial charge in [-0.2, -0.15) is 0 Å². The molecule has 5 nitrogen and oxygen atoms in total. The zero-order valence-electron chi connectivity index (χ0n) is 24.0. The first-order chi connectivity index (χ1) is 19.9. The van der Waals surface area contributed by atoms with Crippen molar-refractivity contribution in [2.45, 2.75) is 46.5 Å². The van der Waals surface area contributed by atoms with Gasteiger partial charge in [-0.05, 0) is 77.4 Å². The third kappa shape index (κ3) is 4.12. The average molecular weight is 537 g/mol. The molecule has 0 aliphatic rings. The zero-order valence-corrected chi connectivity index (χ0v) is 24.0. The van der Waals surface area contributed by atoms with Gasteiger partial charge in [-0.25, -0.2) is 9.97 Å². The van der Waals surface area contributed by atoms with Crippen molar-refractivity contribution < 1.29 is 4.42 Å². The first-order valence-electron chi connectivity index (χ1n) is 14.3. The van der Waals surface area contributed by atoms with Gasteiger partial charge in [0.1, 0.15) is 11.4 Å². The van der Waals surface area contributed by atoms with E-state index in [1.54, 1.807) is 0 Å². The summed E-state index contributed by atoms with van der Waals surface area (Å²) in [5.74, 6) is 1.40. The van der Waals surface area contributed by atoms with Crippen LogP contribution in [0.15, 0.2) is 95.7 Å². The van der Waals surface area contributed by atoms with E-state index in [1.165, 1.54) is 27.9 Å². The number of pyridine rings is 2. The molecule has 7 rings (SSSR count). The molecule has 0 N–H and O–H groups in total. The van der Waals surface area contributed by atoms with Crippen LogP contribution >= 0.6 is 0 Å². The number of rotatable bonds is 5. The van der Waals surface area contributed by atoms with Gasteiger partial charge in [0.2, 0.25) is 5.71 Å². The van der Waals surface area contributed by atoms with Crippen molar-refractivity contribution in [3.63, 3.8) is 0 Å². The van der Waals surface area contributed by atoms with Gasteiger partial charge in [0.25, 0.3) is 0 Å². The summed E-state index contributed by atoms with van der Waals surface area (Å²) >= 11 is 0. The van der Waals surface area contributed by atoms with Gasteiger partial charge < -0.3 is 4.42 Å². The summed E-state index contributed by atoms with van der Waals surface area (Å²) in [6, 6.07) is 27.7. The van der Waals surface area contributed by atoms with Crippen molar-refractivity contribution in [3.05, 3.63) is 108 Å². The highest BCUT2D eigenvalue weighted by molar-refractivity contribution is 6.08. The number of benzene rings is 3. The maximum atomic E-state index is 6.46. The van der Waals surface area contributed by atoms with Crippen molar-refractivity contribution in [3.8, 4) is 28.2 Å². The normalized spacial score (nSPS) is 12.0. The number of nitrogens with zero attached hydrogens (tertiary/aromatic N) is 4. The number of para-hydroxylation sites is 1. The first-order valence-corrected chi connectivity index (χ1v) is 14.3. The van der Waals surface area contributed by atoms with E-state index in [-0.39, 0.29) is 11.8 Å². The van der Waals surface area contributed by atoms with Gasteiger partial charge in [0.15, 0.2) is 0 Å². The van der Waals surface area contributed by atoms with Gasteiger partial charge in [-0.15, -0.1) is 0 Å². The Bertz CT molecular complexity index is 2040. The highest BCUT2D eigenvalue weighted by Crippen LogP contribution is 2.42. The van der Waals surface area contributed by atoms with E-state index in [0.29, 0.717) is 5.71 Å². The molecular formula is C36H32N4O. The van der Waals surface area contributed by atoms with Gasteiger partial charge in [-0.1, -0.05) is 70.2 Å². The molecule has 0 amide bonds. The lowest BCUT2D eigenvalue weighted by atomic mass is 9.88. The Morgan fingerprint density at radius 3 is 2.22 bits per heavy atom. The second kappa shape index (κ2) is 9.70. The van der Waals surface area contributed by atoms with E-state index in [4.69, 9.17) is 9.40 Å². The van der Waals surface area contributed by atoms with E-state index in [2.05, 4.69) is 109 Å². The number of furan rings is 1. The van der Waals surface area contributed by atoms with Crippen molar-refractivity contribution in [1.82, 2.24) is 19.5 Å². The second-order valence-electron chi connectivity index (χ2n) is 11.4. The van der Waals surface area contributed by atoms with Gasteiger partial charge in [0, 0.05) is 22.7 Å². The smallest absolute Gasteiger partial charge is 0.227 e. The van der Waals surface area contributed by atoms with Crippen LogP contribution in [0.4, 0.5) is 0 Å². The summed E-state index contributed by atoms with van der Waals surface area (Å²) in [7, 11) is 0. The van der Waals surface area contributed by atoms with Crippen LogP contribution in [0.3, 0.4) is 0 Å². The maximum absolute atomic E-state index is 6.46. The Balaban J connectivity index is 1.59. The quantitative estimate of drug-likeness (QED) is 0.220. The van der Waals surface area contributed by atoms with Crippen LogP contribution in [0.25, 0.3) is 61.3 Å². The van der Waals surface area contributed by atoms with Crippen molar-refractivity contribution in [2.75, 3.05) is 0 Å². The maximum Gasteiger partial charge on any atom is 0.227 e. The molecule has 3 aromatic carbocycles. The molecule has 0 bridgehead atoms. The molecule has 0 aliphatic heterocycles. The Labute approximate surface area is 239 Å². The van der Waals surface area contributed by atoms with Crippen LogP contribution in [-0.4, -0.2) is 19.5 Å². The molecule has 0 spiro atoms. The number of hydrogen-bond donors (Lipinski definition) is 0. The zero-order chi connectivity index (χ0) is 28.2. The number of aryl methyl sites for hydroxylation is 1. The standard InChI is InChI=1S/C36H32N4O/c1-21(2)29-18-25(24-10-7-6-8-11-24)19-30(22(3)4)33(29)40-32-20-37-17-16-31(32)39-35(40)28-13-9-12-26-27-15-14-23(5)38-36(27)41-34(26)28/h6-22H,1-5H3. The SMILES string of the molecule is Cc1ccc2c(n1)oc1c(-c3nc4ccncc4n3-c3c(C(C)C)cc(-c4ccccc4)cc3C(C)C)cccc12. The average Bonchev–Trinajstić information content (AvgIpc) is 3.54. The lowest BCUT2D eigenvalue weighted by molar-refractivity contribution is 0.653. The summed E-state index contributed by atoms with van der Waals surface area (Å²) < 4.78 is 8.77. The predicted molar refractivity (Wildman–Crippen MR) is 168 cm³/mol. The third-order valence-corrected chi connectivity index (χ3v) is 7.94. The van der Waals surface area contributed by atoms with Gasteiger partial charge in [-0.3, -0.25) is 9.55 Å². The Morgan fingerprint density at radius 2 is 1.49 bits per heavy atom. The molecule has 4 aromatic heterocycles. The van der Waals surface area contributed by atoms with E-state index in [1.807, 2.05) is 31.5 Å². The van der Waals surface area contributed by atoms with Crippen molar-refractivity contribution >= 4 is 33.1 Å². The molecule has 0 aliphatic carbocycles. The number of aromatic nitrogens is 4. The fourth-order valence-electron chi connectivity index (χ4n) is 5.89. The lowest BCUT2D eigenvalue weighted by Crippen LogP contribution is -2.09. The van der Waals surface area contributed by atoms with E-state index >= 15 is 0 Å². The van der Waals surface area contributed by atoms with Crippen molar-refractivity contribution in [2.24, 2.45) is 0 Å². The number of fused-ring (bicyclic) bond motifs is 4. The van der Waals surface area contributed by atoms with Crippen LogP contribution in [-0.2, 0) is 0 Å². The Morgan fingerprint density at radius 1 is 0.732 bits per heavy atom. The van der Waals surface area contributed by atoms with Crippen LogP contribution in [0.5, 0.6) is 0 Å². The molecule has 4 heterocycles. The largest absolute Gasteiger partial charge is 0.437 e. The summed E-state index contributed by atoms with van der Waals surface area (Å²) in [6.07, 6.45) is 3.73. The lowest BCUT2D eigenvalue weighted by Gasteiger charge is -2.24. The van der Waals surface area contributed by atoms with E-state index in [0.717, 1.165) is 44.5 Å². The van der Waals surface area contributed by atoms with Gasteiger partial charge >= 0.3 is 0 Å². The topological polar surface area (TPSA) is 56.7 Å². The van der Waals surface area contributed by atoms with Crippen LogP contribution in [0.1, 0.15) is 56.4 Å². The predicted octanol–water partition coefficient (Wildman–Crippen LogP) is 9.60. The molecule has 202 valence electrons. The molecule has 7 aromatic rings. The molecule has 0 saturated carbocycles. The summed E-state index contributed by atoms with van der Waals surface area (Å²) in [5, 5.41) is 2.05. The summed E-state index contributed by atoms with van der Waals surface area (Å²) in [6.45, 7) is 11.1. The molecule has 0 unspecified atom stereocenters. The molecule has 41 heavy (non-hydrogen) atoms. The molecular weight excluding hydrogens is 504 g/mol. The monoisotopic (exact) mass is 536 g/mol. The van der Waals surface area contributed by atoms with E-state index < -0.39 is 0 Å². The molecule has 5 heteroatoms. The second-order valence-corrected chi connectivity index (χ2v) is 11.4. The number of hydrogen-bond acceptors (Lipinski definition) is 4. The minimum Gasteiger partial charge on any atom is -0.437 e. The first kappa shape index (κ1) is 25.2. The summed E-state index contributed by atoms with van der Waals surface area (Å²) in [4.78, 5) is 14.4. The number of imidazole rings is 1. The van der Waals surface area contributed by atoms with Crippen LogP contribution in [0.2, 0.25) is 0 Å². The third-order valence-electron chi connectivity index (χ3n) is 7.94.